The molecule has 0 atom stereocenters. The van der Waals surface area contributed by atoms with Crippen molar-refractivity contribution in [3.05, 3.63) is 10.8 Å². The molecule has 0 fully saturated rings. The quantitative estimate of drug-likeness (QED) is 0.326. The van der Waals surface area contributed by atoms with Crippen molar-refractivity contribution in [1.29, 1.82) is 0 Å². The van der Waals surface area contributed by atoms with Gasteiger partial charge in [-0.2, -0.15) is 0 Å². The highest BCUT2D eigenvalue weighted by atomic mass is 16.1. The van der Waals surface area contributed by atoms with Crippen molar-refractivity contribution in [3.8, 4) is 0 Å². The van der Waals surface area contributed by atoms with Gasteiger partial charge >= 0.3 is 0 Å². The number of isocyanates is 2. The second kappa shape index (κ2) is 117. The molecule has 0 aliphatic heterocycles. The smallest absolute Gasteiger partial charge is 0.0159 e. The average molecular weight is 100 g/mol. The lowest BCUT2D eigenvalue weighted by Gasteiger charge is -1.32. The molecule has 0 aliphatic rings. The molecule has 40 valence electrons. The van der Waals surface area contributed by atoms with E-state index in [1.807, 2.05) is 0 Å². The minimum Gasteiger partial charge on any atom is -0.724 e. The van der Waals surface area contributed by atoms with Gasteiger partial charge in [-0.1, -0.05) is 7.43 Å². The maximum absolute atomic E-state index is 8.24. The minimum atomic E-state index is 0. The van der Waals surface area contributed by atoms with Crippen LogP contribution in [-0.4, -0.2) is 12.2 Å². The Hall–Kier alpha value is -1.24. The van der Waals surface area contributed by atoms with Crippen LogP contribution in [0.25, 0.3) is 10.8 Å². The molecular weight excluding hydrogens is 96.0 g/mol. The first-order chi connectivity index (χ1) is 2.83. The van der Waals surface area contributed by atoms with Crippen LogP contribution < -0.4 is 0 Å². The third-order valence-corrected chi connectivity index (χ3v) is 0. The van der Waals surface area contributed by atoms with E-state index < -0.39 is 0 Å². The second-order valence-electron chi connectivity index (χ2n) is 0.183. The van der Waals surface area contributed by atoms with Crippen molar-refractivity contribution in [3.63, 3.8) is 0 Å². The largest absolute Gasteiger partial charge is 0.724 e. The molecule has 0 saturated carbocycles. The molecule has 4 nitrogen and oxygen atoms in total. The summed E-state index contributed by atoms with van der Waals surface area (Å²) in [7, 11) is 0. The summed E-state index contributed by atoms with van der Waals surface area (Å²) in [6.45, 7) is 0. The van der Waals surface area contributed by atoms with E-state index in [1.165, 1.54) is 0 Å². The van der Waals surface area contributed by atoms with Gasteiger partial charge < -0.3 is 10.8 Å². The lowest BCUT2D eigenvalue weighted by atomic mass is 11.7. The Morgan fingerprint density at radius 2 is 1.00 bits per heavy atom. The van der Waals surface area contributed by atoms with Crippen molar-refractivity contribution in [2.24, 2.45) is 0 Å². The van der Waals surface area contributed by atoms with Crippen LogP contribution in [0.5, 0.6) is 0 Å². The Morgan fingerprint density at radius 3 is 1.00 bits per heavy atom. The number of hydrogen-bond acceptors (Lipinski definition) is 2. The van der Waals surface area contributed by atoms with E-state index in [4.69, 9.17) is 20.4 Å². The standard InChI is InChI=1S/2CNO.CH4/c2*2-1-3;/h;;1H4/q2*-1;. The second-order valence-corrected chi connectivity index (χ2v) is 0.183. The maximum atomic E-state index is 8.24. The topological polar surface area (TPSA) is 78.7 Å². The number of hydrogen-bond donors (Lipinski definition) is 0. The zero-order valence-electron chi connectivity index (χ0n) is 2.71. The first kappa shape index (κ1) is 17.1. The van der Waals surface area contributed by atoms with Gasteiger partial charge in [-0.15, -0.1) is 0 Å². The average Bonchev–Trinajstić information content (AvgIpc) is 1.39. The molecule has 4 heteroatoms. The highest BCUT2D eigenvalue weighted by molar-refractivity contribution is 5.37. The number of carbonyl (C=O) groups excluding carboxylic acids is 2. The maximum Gasteiger partial charge on any atom is -0.0159 e. The Balaban J connectivity index is -0.0000000400. The van der Waals surface area contributed by atoms with E-state index in [9.17, 15) is 0 Å². The molecule has 0 aliphatic carbocycles. The molecule has 0 saturated heterocycles. The summed E-state index contributed by atoms with van der Waals surface area (Å²) in [6, 6.07) is 0. The minimum absolute atomic E-state index is 0. The molecule has 0 bridgehead atoms. The first-order valence-corrected chi connectivity index (χ1v) is 0.855. The molecule has 7 heavy (non-hydrogen) atoms. The molecule has 0 aromatic rings. The zero-order chi connectivity index (χ0) is 5.41. The summed E-state index contributed by atoms with van der Waals surface area (Å²) >= 11 is 0. The van der Waals surface area contributed by atoms with Crippen molar-refractivity contribution in [1.82, 2.24) is 0 Å². The van der Waals surface area contributed by atoms with Gasteiger partial charge in [0.15, 0.2) is 0 Å². The molecule has 0 heterocycles. The van der Waals surface area contributed by atoms with Gasteiger partial charge in [0.05, 0.1) is 0 Å². The Labute approximate surface area is 41.2 Å². The summed E-state index contributed by atoms with van der Waals surface area (Å²) in [5.74, 6) is 0. The van der Waals surface area contributed by atoms with E-state index in [2.05, 4.69) is 0 Å². The molecule has 0 amide bonds. The van der Waals surface area contributed by atoms with Crippen LogP contribution in [0.4, 0.5) is 0 Å². The fraction of sp³-hybridized carbons (Fsp3) is 0.333. The van der Waals surface area contributed by atoms with Crippen molar-refractivity contribution in [2.45, 2.75) is 7.43 Å². The van der Waals surface area contributed by atoms with Crippen LogP contribution in [0.2, 0.25) is 0 Å². The monoisotopic (exact) mass is 100 g/mol. The fourth-order valence-electron chi connectivity index (χ4n) is 0. The lowest BCUT2D eigenvalue weighted by molar-refractivity contribution is 0.568. The van der Waals surface area contributed by atoms with Crippen LogP contribution in [0.1, 0.15) is 7.43 Å². The normalized spacial score (nSPS) is 2.29. The highest BCUT2D eigenvalue weighted by Gasteiger charge is 0.793. The molecule has 0 radical (unpaired) electrons. The van der Waals surface area contributed by atoms with Crippen LogP contribution in [0, 0.1) is 0 Å². The van der Waals surface area contributed by atoms with Gasteiger partial charge in [0.1, 0.15) is 0 Å². The number of nitrogens with zero attached hydrogens (tertiary/aromatic N) is 2. The third-order valence-electron chi connectivity index (χ3n) is 0. The van der Waals surface area contributed by atoms with Crippen molar-refractivity contribution >= 4 is 12.2 Å². The number of rotatable bonds is 0. The predicted molar refractivity (Wildman–Crippen MR) is 24.8 cm³/mol. The summed E-state index contributed by atoms with van der Waals surface area (Å²) in [5, 5.41) is 13.5. The Kier molecular flexibility index (Phi) is 285. The van der Waals surface area contributed by atoms with E-state index >= 15 is 0 Å². The van der Waals surface area contributed by atoms with Gasteiger partial charge in [-0.3, -0.25) is 9.59 Å². The van der Waals surface area contributed by atoms with E-state index in [-0.39, 0.29) is 7.43 Å². The molecule has 0 unspecified atom stereocenters. The third kappa shape index (κ3) is 23.6. The lowest BCUT2D eigenvalue weighted by Crippen LogP contribution is -1.13. The van der Waals surface area contributed by atoms with Crippen LogP contribution in [0.15, 0.2) is 0 Å². The van der Waals surface area contributed by atoms with Gasteiger partial charge in [-0.25, -0.2) is 0 Å². The van der Waals surface area contributed by atoms with E-state index in [0.29, 0.717) is 12.2 Å². The van der Waals surface area contributed by atoms with E-state index in [1.54, 1.807) is 0 Å². The first-order valence-electron chi connectivity index (χ1n) is 0.855. The van der Waals surface area contributed by atoms with Crippen molar-refractivity contribution < 1.29 is 9.59 Å². The van der Waals surface area contributed by atoms with Gasteiger partial charge in [-0.05, 0) is 12.2 Å². The molecular formula is C3H4N2O2-2. The van der Waals surface area contributed by atoms with Crippen molar-refractivity contribution in [2.75, 3.05) is 0 Å². The molecule has 0 N–H and O–H groups in total. The van der Waals surface area contributed by atoms with Crippen LogP contribution >= 0.6 is 0 Å². The zero-order valence-corrected chi connectivity index (χ0v) is 2.71. The predicted octanol–water partition coefficient (Wildman–Crippen LogP) is 0.419. The van der Waals surface area contributed by atoms with Crippen LogP contribution in [0.3, 0.4) is 0 Å². The summed E-state index contributed by atoms with van der Waals surface area (Å²) in [6.07, 6.45) is 1.00. The van der Waals surface area contributed by atoms with Crippen LogP contribution in [-0.2, 0) is 9.59 Å². The van der Waals surface area contributed by atoms with Gasteiger partial charge in [0, 0.05) is 0 Å². The summed E-state index contributed by atoms with van der Waals surface area (Å²) < 4.78 is 0. The van der Waals surface area contributed by atoms with Gasteiger partial charge in [0.25, 0.3) is 0 Å². The Bertz CT molecular complexity index is 64.9. The molecule has 0 aromatic carbocycles. The van der Waals surface area contributed by atoms with Gasteiger partial charge in [0.2, 0.25) is 0 Å². The summed E-state index contributed by atoms with van der Waals surface area (Å²) in [5.41, 5.74) is 0. The Morgan fingerprint density at radius 1 is 1.00 bits per heavy atom. The fourth-order valence-corrected chi connectivity index (χ4v) is 0. The SMILES string of the molecule is C.[N-]=C=O.[N-]=C=O. The highest BCUT2D eigenvalue weighted by Crippen LogP contribution is 0.952. The molecule has 0 aromatic heterocycles. The molecule has 0 rings (SSSR count). The summed E-state index contributed by atoms with van der Waals surface area (Å²) in [4.78, 5) is 16.5. The van der Waals surface area contributed by atoms with E-state index in [0.717, 1.165) is 0 Å². The molecule has 0 spiro atoms.